The van der Waals surface area contributed by atoms with Gasteiger partial charge in [-0.2, -0.15) is 0 Å². The fourth-order valence-corrected chi connectivity index (χ4v) is 2.20. The quantitative estimate of drug-likeness (QED) is 0.890. The minimum Gasteiger partial charge on any atom is -0.467 e. The number of thiazole rings is 1. The number of hydrogen-bond acceptors (Lipinski definition) is 5. The van der Waals surface area contributed by atoms with Gasteiger partial charge in [0.2, 0.25) is 0 Å². The molecule has 2 rings (SSSR count). The lowest BCUT2D eigenvalue weighted by molar-refractivity contribution is 0.102. The number of hydrogen-bond donors (Lipinski definition) is 2. The molecule has 1 amide bonds. The molecule has 2 heterocycles. The van der Waals surface area contributed by atoms with Crippen molar-refractivity contribution in [1.29, 1.82) is 0 Å². The Morgan fingerprint density at radius 3 is 2.94 bits per heavy atom. The summed E-state index contributed by atoms with van der Waals surface area (Å²) in [6.45, 7) is 4.45. The van der Waals surface area contributed by atoms with Gasteiger partial charge >= 0.3 is 0 Å². The van der Waals surface area contributed by atoms with E-state index in [4.69, 9.17) is 10.2 Å². The first kappa shape index (κ1) is 12.8. The lowest BCUT2D eigenvalue weighted by atomic mass is 10.2. The molecule has 0 unspecified atom stereocenters. The molecule has 2 aromatic heterocycles. The Labute approximate surface area is 109 Å². The predicted molar refractivity (Wildman–Crippen MR) is 70.8 cm³/mol. The average Bonchev–Trinajstić information content (AvgIpc) is 2.96. The van der Waals surface area contributed by atoms with Gasteiger partial charge in [-0.25, -0.2) is 4.98 Å². The Hall–Kier alpha value is -1.66. The highest BCUT2D eigenvalue weighted by molar-refractivity contribution is 7.15. The van der Waals surface area contributed by atoms with Gasteiger partial charge in [0.05, 0.1) is 12.1 Å². The van der Waals surface area contributed by atoms with Crippen molar-refractivity contribution >= 4 is 22.4 Å². The third kappa shape index (κ3) is 2.77. The minimum absolute atomic E-state index is 0.233. The molecule has 2 aromatic rings. The molecule has 0 fully saturated rings. The fraction of sp³-hybridized carbons (Fsp3) is 0.333. The third-order valence-corrected chi connectivity index (χ3v) is 3.64. The molecule has 0 aromatic carbocycles. The molecule has 18 heavy (non-hydrogen) atoms. The second-order valence-electron chi connectivity index (χ2n) is 4.18. The van der Waals surface area contributed by atoms with Gasteiger partial charge < -0.3 is 10.2 Å². The van der Waals surface area contributed by atoms with E-state index < -0.39 is 0 Å². The Morgan fingerprint density at radius 1 is 1.61 bits per heavy atom. The molecule has 0 aliphatic rings. The van der Waals surface area contributed by atoms with Crippen LogP contribution in [0.5, 0.6) is 0 Å². The number of aromatic nitrogens is 1. The van der Waals surface area contributed by atoms with Crippen molar-refractivity contribution in [1.82, 2.24) is 4.98 Å². The van der Waals surface area contributed by atoms with Crippen molar-refractivity contribution in [2.45, 2.75) is 26.3 Å². The summed E-state index contributed by atoms with van der Waals surface area (Å²) in [5.74, 6) is 0.760. The molecule has 0 aliphatic heterocycles. The monoisotopic (exact) mass is 265 g/mol. The average molecular weight is 265 g/mol. The van der Waals surface area contributed by atoms with Crippen LogP contribution in [-0.2, 0) is 6.54 Å². The normalized spacial score (nSPS) is 10.9. The van der Waals surface area contributed by atoms with E-state index in [1.54, 1.807) is 12.3 Å². The second kappa shape index (κ2) is 5.32. The van der Waals surface area contributed by atoms with E-state index in [1.165, 1.54) is 17.6 Å². The molecular formula is C12H15N3O2S. The molecule has 5 nitrogen and oxygen atoms in total. The lowest BCUT2D eigenvalue weighted by Gasteiger charge is -1.98. The van der Waals surface area contributed by atoms with E-state index in [1.807, 2.05) is 0 Å². The van der Waals surface area contributed by atoms with Crippen LogP contribution in [0, 0.1) is 0 Å². The molecule has 0 saturated carbocycles. The SMILES string of the molecule is CC(C)c1cnc(NC(=O)c2coc(CN)c2)s1. The summed E-state index contributed by atoms with van der Waals surface area (Å²) >= 11 is 1.48. The summed E-state index contributed by atoms with van der Waals surface area (Å²) in [5, 5.41) is 3.34. The summed E-state index contributed by atoms with van der Waals surface area (Å²) in [6.07, 6.45) is 3.18. The first-order valence-electron chi connectivity index (χ1n) is 5.64. The maximum Gasteiger partial charge on any atom is 0.260 e. The molecule has 6 heteroatoms. The zero-order valence-corrected chi connectivity index (χ0v) is 11.1. The van der Waals surface area contributed by atoms with Gasteiger partial charge in [-0.1, -0.05) is 13.8 Å². The number of rotatable bonds is 4. The van der Waals surface area contributed by atoms with Crippen LogP contribution < -0.4 is 11.1 Å². The van der Waals surface area contributed by atoms with Crippen molar-refractivity contribution < 1.29 is 9.21 Å². The number of carbonyl (C=O) groups excluding carboxylic acids is 1. The molecule has 0 radical (unpaired) electrons. The maximum absolute atomic E-state index is 11.9. The van der Waals surface area contributed by atoms with Crippen molar-refractivity contribution in [2.75, 3.05) is 5.32 Å². The van der Waals surface area contributed by atoms with Crippen LogP contribution >= 0.6 is 11.3 Å². The molecule has 0 spiro atoms. The number of nitrogens with one attached hydrogen (secondary N) is 1. The highest BCUT2D eigenvalue weighted by atomic mass is 32.1. The van der Waals surface area contributed by atoms with Gasteiger partial charge in [0.15, 0.2) is 5.13 Å². The Morgan fingerprint density at radius 2 is 2.39 bits per heavy atom. The van der Waals surface area contributed by atoms with E-state index >= 15 is 0 Å². The highest BCUT2D eigenvalue weighted by Gasteiger charge is 2.12. The second-order valence-corrected chi connectivity index (χ2v) is 5.24. The number of furan rings is 1. The maximum atomic E-state index is 11.9. The molecule has 0 bridgehead atoms. The molecule has 3 N–H and O–H groups in total. The van der Waals surface area contributed by atoms with Gasteiger partial charge in [0.1, 0.15) is 12.0 Å². The smallest absolute Gasteiger partial charge is 0.260 e. The molecule has 0 saturated heterocycles. The van der Waals surface area contributed by atoms with E-state index in [0.29, 0.717) is 22.4 Å². The number of anilines is 1. The van der Waals surface area contributed by atoms with Gasteiger partial charge in [0, 0.05) is 11.1 Å². The number of nitrogens with zero attached hydrogens (tertiary/aromatic N) is 1. The summed E-state index contributed by atoms with van der Waals surface area (Å²) < 4.78 is 5.11. The van der Waals surface area contributed by atoms with Gasteiger partial charge in [-0.05, 0) is 12.0 Å². The molecule has 0 aliphatic carbocycles. The van der Waals surface area contributed by atoms with E-state index in [-0.39, 0.29) is 12.5 Å². The van der Waals surface area contributed by atoms with Crippen molar-refractivity contribution in [2.24, 2.45) is 5.73 Å². The van der Waals surface area contributed by atoms with Crippen molar-refractivity contribution in [3.8, 4) is 0 Å². The largest absolute Gasteiger partial charge is 0.467 e. The van der Waals surface area contributed by atoms with Crippen LogP contribution in [0.15, 0.2) is 22.9 Å². The van der Waals surface area contributed by atoms with E-state index in [0.717, 1.165) is 4.88 Å². The van der Waals surface area contributed by atoms with Crippen LogP contribution in [0.1, 0.15) is 40.8 Å². The summed E-state index contributed by atoms with van der Waals surface area (Å²) in [6, 6.07) is 1.63. The summed E-state index contributed by atoms with van der Waals surface area (Å²) in [5.41, 5.74) is 5.87. The van der Waals surface area contributed by atoms with Gasteiger partial charge in [0.25, 0.3) is 5.91 Å². The molecular weight excluding hydrogens is 250 g/mol. The first-order chi connectivity index (χ1) is 8.60. The minimum atomic E-state index is -0.233. The van der Waals surface area contributed by atoms with E-state index in [2.05, 4.69) is 24.1 Å². The van der Waals surface area contributed by atoms with Crippen molar-refractivity contribution in [3.63, 3.8) is 0 Å². The van der Waals surface area contributed by atoms with Gasteiger partial charge in [-0.15, -0.1) is 11.3 Å². The van der Waals surface area contributed by atoms with Gasteiger partial charge in [-0.3, -0.25) is 10.1 Å². The van der Waals surface area contributed by atoms with Crippen LogP contribution in [0.4, 0.5) is 5.13 Å². The van der Waals surface area contributed by atoms with Crippen LogP contribution in [0.3, 0.4) is 0 Å². The highest BCUT2D eigenvalue weighted by Crippen LogP contribution is 2.25. The Bertz CT molecular complexity index is 545. The topological polar surface area (TPSA) is 81.2 Å². The number of amides is 1. The number of nitrogens with two attached hydrogens (primary N) is 1. The van der Waals surface area contributed by atoms with Crippen LogP contribution in [-0.4, -0.2) is 10.9 Å². The fourth-order valence-electron chi connectivity index (χ4n) is 1.39. The zero-order valence-electron chi connectivity index (χ0n) is 10.3. The predicted octanol–water partition coefficient (Wildman–Crippen LogP) is 2.57. The van der Waals surface area contributed by atoms with Crippen LogP contribution in [0.2, 0.25) is 0 Å². The first-order valence-corrected chi connectivity index (χ1v) is 6.46. The van der Waals surface area contributed by atoms with E-state index in [9.17, 15) is 4.79 Å². The molecule has 0 atom stereocenters. The molecule has 96 valence electrons. The van der Waals surface area contributed by atoms with Crippen LogP contribution in [0.25, 0.3) is 0 Å². The Balaban J connectivity index is 2.06. The summed E-state index contributed by atoms with van der Waals surface area (Å²) in [4.78, 5) is 17.2. The van der Waals surface area contributed by atoms with Crippen molar-refractivity contribution in [3.05, 3.63) is 34.7 Å². The summed E-state index contributed by atoms with van der Waals surface area (Å²) in [7, 11) is 0. The third-order valence-electron chi connectivity index (χ3n) is 2.43. The Kier molecular flexibility index (Phi) is 3.78. The lowest BCUT2D eigenvalue weighted by Crippen LogP contribution is -2.10. The standard InChI is InChI=1S/C12H15N3O2S/c1-7(2)10-5-14-12(18-10)15-11(16)8-3-9(4-13)17-6-8/h3,5-7H,4,13H2,1-2H3,(H,14,15,16). The zero-order chi connectivity index (χ0) is 13.1. The number of carbonyl (C=O) groups is 1.